The molecule has 8 nitrogen and oxygen atoms in total. The van der Waals surface area contributed by atoms with Gasteiger partial charge in [0, 0.05) is 17.2 Å². The molecular formula is C17H16ClN3O5. The number of esters is 1. The van der Waals surface area contributed by atoms with Gasteiger partial charge in [-0.3, -0.25) is 14.9 Å². The number of carbonyl (C=O) groups is 2. The van der Waals surface area contributed by atoms with Gasteiger partial charge in [0.1, 0.15) is 0 Å². The van der Waals surface area contributed by atoms with E-state index in [-0.39, 0.29) is 23.0 Å². The lowest BCUT2D eigenvalue weighted by molar-refractivity contribution is -0.384. The van der Waals surface area contributed by atoms with Gasteiger partial charge in [-0.25, -0.2) is 4.79 Å². The minimum atomic E-state index is -0.849. The van der Waals surface area contributed by atoms with Gasteiger partial charge in [-0.15, -0.1) is 0 Å². The highest BCUT2D eigenvalue weighted by Gasteiger charge is 2.18. The number of non-ortho nitro benzene ring substituents is 1. The highest BCUT2D eigenvalue weighted by molar-refractivity contribution is 6.31. The summed E-state index contributed by atoms with van der Waals surface area (Å²) in [6, 6.07) is 10.0. The van der Waals surface area contributed by atoms with Gasteiger partial charge in [-0.1, -0.05) is 29.8 Å². The van der Waals surface area contributed by atoms with E-state index in [4.69, 9.17) is 22.1 Å². The van der Waals surface area contributed by atoms with Crippen LogP contribution in [0.2, 0.25) is 5.02 Å². The molecule has 3 N–H and O–H groups in total. The fourth-order valence-electron chi connectivity index (χ4n) is 2.25. The van der Waals surface area contributed by atoms with Crippen molar-refractivity contribution in [3.63, 3.8) is 0 Å². The first-order valence-electron chi connectivity index (χ1n) is 7.54. The molecule has 1 amide bonds. The Balaban J connectivity index is 1.94. The number of benzene rings is 2. The number of amides is 1. The Kier molecular flexibility index (Phi) is 6.13. The molecule has 9 heteroatoms. The molecule has 0 unspecified atom stereocenters. The average molecular weight is 378 g/mol. The number of hydrogen-bond acceptors (Lipinski definition) is 6. The SMILES string of the molecule is C[C@@H](NC(=O)COC(=O)c1ccc([N+](=O)[O-])cc1N)c1ccccc1Cl. The van der Waals surface area contributed by atoms with Gasteiger partial charge >= 0.3 is 5.97 Å². The molecule has 0 saturated heterocycles. The Hall–Kier alpha value is -3.13. The van der Waals surface area contributed by atoms with Crippen molar-refractivity contribution in [1.82, 2.24) is 5.32 Å². The normalized spacial score (nSPS) is 11.5. The van der Waals surface area contributed by atoms with Crippen LogP contribution in [0, 0.1) is 10.1 Å². The van der Waals surface area contributed by atoms with E-state index in [1.165, 1.54) is 6.07 Å². The number of nitro benzene ring substituents is 1. The molecule has 2 aromatic rings. The third-order valence-electron chi connectivity index (χ3n) is 3.55. The summed E-state index contributed by atoms with van der Waals surface area (Å²) in [7, 11) is 0. The average Bonchev–Trinajstić information content (AvgIpc) is 2.59. The highest BCUT2D eigenvalue weighted by atomic mass is 35.5. The smallest absolute Gasteiger partial charge is 0.340 e. The van der Waals surface area contributed by atoms with Crippen molar-refractivity contribution in [3.8, 4) is 0 Å². The van der Waals surface area contributed by atoms with Crippen LogP contribution in [-0.4, -0.2) is 23.4 Å². The van der Waals surface area contributed by atoms with Crippen LogP contribution >= 0.6 is 11.6 Å². The standard InChI is InChI=1S/C17H16ClN3O5/c1-10(12-4-2-3-5-14(12)18)20-16(22)9-26-17(23)13-7-6-11(21(24)25)8-15(13)19/h2-8,10H,9,19H2,1H3,(H,20,22)/t10-/m1/s1. The van der Waals surface area contributed by atoms with Crippen LogP contribution in [0.15, 0.2) is 42.5 Å². The van der Waals surface area contributed by atoms with Gasteiger partial charge in [0.2, 0.25) is 0 Å². The van der Waals surface area contributed by atoms with Crippen molar-refractivity contribution >= 4 is 34.9 Å². The number of rotatable bonds is 6. The summed E-state index contributed by atoms with van der Waals surface area (Å²) in [5.41, 5.74) is 5.95. The maximum Gasteiger partial charge on any atom is 0.340 e. The molecule has 0 heterocycles. The molecule has 0 bridgehead atoms. The largest absolute Gasteiger partial charge is 0.452 e. The Labute approximate surface area is 154 Å². The summed E-state index contributed by atoms with van der Waals surface area (Å²) in [5, 5.41) is 13.8. The van der Waals surface area contributed by atoms with Crippen molar-refractivity contribution in [2.45, 2.75) is 13.0 Å². The van der Waals surface area contributed by atoms with E-state index in [0.29, 0.717) is 5.02 Å². The molecule has 0 radical (unpaired) electrons. The molecule has 0 spiro atoms. The maximum absolute atomic E-state index is 12.0. The molecule has 136 valence electrons. The van der Waals surface area contributed by atoms with E-state index in [9.17, 15) is 19.7 Å². The first kappa shape index (κ1) is 19.2. The summed E-state index contributed by atoms with van der Waals surface area (Å²) in [6.45, 7) is 1.22. The van der Waals surface area contributed by atoms with Crippen molar-refractivity contribution in [1.29, 1.82) is 0 Å². The second kappa shape index (κ2) is 8.30. The van der Waals surface area contributed by atoms with Crippen molar-refractivity contribution < 1.29 is 19.2 Å². The highest BCUT2D eigenvalue weighted by Crippen LogP contribution is 2.22. The number of ether oxygens (including phenoxy) is 1. The van der Waals surface area contributed by atoms with Gasteiger partial charge < -0.3 is 15.8 Å². The lowest BCUT2D eigenvalue weighted by atomic mass is 10.1. The minimum absolute atomic E-state index is 0.0532. The molecule has 0 aromatic heterocycles. The Morgan fingerprint density at radius 2 is 2.00 bits per heavy atom. The van der Waals surface area contributed by atoms with E-state index < -0.39 is 23.4 Å². The molecule has 1 atom stereocenters. The Morgan fingerprint density at radius 1 is 1.31 bits per heavy atom. The third-order valence-corrected chi connectivity index (χ3v) is 3.89. The number of nitrogens with one attached hydrogen (secondary N) is 1. The van der Waals surface area contributed by atoms with Crippen LogP contribution in [0.5, 0.6) is 0 Å². The lowest BCUT2D eigenvalue weighted by Crippen LogP contribution is -2.31. The Morgan fingerprint density at radius 3 is 2.62 bits per heavy atom. The molecule has 2 rings (SSSR count). The van der Waals surface area contributed by atoms with Gasteiger partial charge in [-0.2, -0.15) is 0 Å². The van der Waals surface area contributed by atoms with Gasteiger partial charge in [0.25, 0.3) is 11.6 Å². The second-order valence-electron chi connectivity index (χ2n) is 5.42. The topological polar surface area (TPSA) is 125 Å². The summed E-state index contributed by atoms with van der Waals surface area (Å²) >= 11 is 6.06. The van der Waals surface area contributed by atoms with E-state index >= 15 is 0 Å². The fourth-order valence-corrected chi connectivity index (χ4v) is 2.54. The lowest BCUT2D eigenvalue weighted by Gasteiger charge is -2.15. The number of nitrogens with two attached hydrogens (primary N) is 1. The van der Waals surface area contributed by atoms with E-state index in [1.54, 1.807) is 31.2 Å². The van der Waals surface area contributed by atoms with Crippen LogP contribution in [0.25, 0.3) is 0 Å². The van der Waals surface area contributed by atoms with Crippen molar-refractivity contribution in [3.05, 3.63) is 68.7 Å². The van der Waals surface area contributed by atoms with Crippen LogP contribution in [0.4, 0.5) is 11.4 Å². The molecule has 2 aromatic carbocycles. The number of carbonyl (C=O) groups excluding carboxylic acids is 2. The van der Waals surface area contributed by atoms with E-state index in [2.05, 4.69) is 5.32 Å². The number of nitrogens with zero attached hydrogens (tertiary/aromatic N) is 1. The number of halogens is 1. The number of nitro groups is 1. The maximum atomic E-state index is 12.0. The first-order chi connectivity index (χ1) is 12.3. The minimum Gasteiger partial charge on any atom is -0.452 e. The zero-order valence-electron chi connectivity index (χ0n) is 13.8. The zero-order chi connectivity index (χ0) is 19.3. The predicted molar refractivity (Wildman–Crippen MR) is 95.8 cm³/mol. The first-order valence-corrected chi connectivity index (χ1v) is 7.92. The number of nitrogen functional groups attached to an aromatic ring is 1. The number of anilines is 1. The van der Waals surface area contributed by atoms with E-state index in [1.807, 2.05) is 0 Å². The van der Waals surface area contributed by atoms with Crippen LogP contribution < -0.4 is 11.1 Å². The predicted octanol–water partition coefficient (Wildman–Crippen LogP) is 2.86. The van der Waals surface area contributed by atoms with Gasteiger partial charge in [0.15, 0.2) is 6.61 Å². The summed E-state index contributed by atoms with van der Waals surface area (Å²) < 4.78 is 4.90. The summed E-state index contributed by atoms with van der Waals surface area (Å²) in [4.78, 5) is 34.0. The molecule has 0 aliphatic heterocycles. The fraction of sp³-hybridized carbons (Fsp3) is 0.176. The molecule has 0 aliphatic carbocycles. The van der Waals surface area contributed by atoms with Crippen LogP contribution in [0.3, 0.4) is 0 Å². The second-order valence-corrected chi connectivity index (χ2v) is 5.82. The van der Waals surface area contributed by atoms with Crippen LogP contribution in [0.1, 0.15) is 28.9 Å². The molecule has 0 saturated carbocycles. The van der Waals surface area contributed by atoms with Crippen molar-refractivity contribution in [2.75, 3.05) is 12.3 Å². The molecular weight excluding hydrogens is 362 g/mol. The van der Waals surface area contributed by atoms with E-state index in [0.717, 1.165) is 17.7 Å². The molecule has 0 aliphatic rings. The third kappa shape index (κ3) is 4.70. The Bertz CT molecular complexity index is 856. The summed E-state index contributed by atoms with van der Waals surface area (Å²) in [6.07, 6.45) is 0. The number of hydrogen-bond donors (Lipinski definition) is 2. The zero-order valence-corrected chi connectivity index (χ0v) is 14.5. The molecule has 26 heavy (non-hydrogen) atoms. The van der Waals surface area contributed by atoms with Crippen molar-refractivity contribution in [2.24, 2.45) is 0 Å². The van der Waals surface area contributed by atoms with Crippen LogP contribution in [-0.2, 0) is 9.53 Å². The quantitative estimate of drug-likeness (QED) is 0.345. The molecule has 0 fully saturated rings. The summed E-state index contributed by atoms with van der Waals surface area (Å²) in [5.74, 6) is -1.37. The monoisotopic (exact) mass is 377 g/mol. The van der Waals surface area contributed by atoms with Gasteiger partial charge in [0.05, 0.1) is 22.2 Å². The van der Waals surface area contributed by atoms with Gasteiger partial charge in [-0.05, 0) is 24.6 Å².